The van der Waals surface area contributed by atoms with Crippen molar-refractivity contribution in [1.82, 2.24) is 5.10 Å². The van der Waals surface area contributed by atoms with Crippen molar-refractivity contribution in [3.05, 3.63) is 33.6 Å². The van der Waals surface area contributed by atoms with Crippen LogP contribution in [0.5, 0.6) is 0 Å². The fourth-order valence-electron chi connectivity index (χ4n) is 1.19. The van der Waals surface area contributed by atoms with Crippen molar-refractivity contribution in [2.45, 2.75) is 0 Å². The summed E-state index contributed by atoms with van der Waals surface area (Å²) in [7, 11) is 0. The Hall–Kier alpha value is -1.54. The lowest BCUT2D eigenvalue weighted by atomic mass is 10.2. The molecule has 13 heavy (non-hydrogen) atoms. The molecule has 1 N–H and O–H groups in total. The van der Waals surface area contributed by atoms with Crippen LogP contribution in [0.1, 0.15) is 5.69 Å². The molecule has 0 aliphatic rings. The van der Waals surface area contributed by atoms with Crippen LogP contribution < -0.4 is 4.85 Å². The van der Waals surface area contributed by atoms with Crippen LogP contribution in [0.2, 0.25) is 0 Å². The minimum atomic E-state index is 0.284. The maximum atomic E-state index is 11.2. The quantitative estimate of drug-likeness (QED) is 0.557. The SMILES string of the molecule is N#Cc1[nH][n+]([O-])c2ccc(Br)cc12. The molecule has 0 atom stereocenters. The van der Waals surface area contributed by atoms with E-state index in [1.165, 1.54) is 0 Å². The van der Waals surface area contributed by atoms with E-state index in [-0.39, 0.29) is 5.69 Å². The molecular weight excluding hydrogens is 234 g/mol. The fourth-order valence-corrected chi connectivity index (χ4v) is 1.55. The first-order valence-corrected chi connectivity index (χ1v) is 4.32. The topological polar surface area (TPSA) is 66.5 Å². The predicted molar refractivity (Wildman–Crippen MR) is 49.7 cm³/mol. The van der Waals surface area contributed by atoms with E-state index in [9.17, 15) is 5.21 Å². The highest BCUT2D eigenvalue weighted by Gasteiger charge is 2.12. The first kappa shape index (κ1) is 8.08. The highest BCUT2D eigenvalue weighted by Crippen LogP contribution is 2.19. The number of aromatic nitrogens is 2. The first-order valence-electron chi connectivity index (χ1n) is 3.53. The van der Waals surface area contributed by atoms with Crippen LogP contribution in [0.25, 0.3) is 10.9 Å². The summed E-state index contributed by atoms with van der Waals surface area (Å²) in [5.41, 5.74) is 0.756. The second-order valence-corrected chi connectivity index (χ2v) is 3.47. The van der Waals surface area contributed by atoms with Gasteiger partial charge in [-0.15, -0.1) is 5.10 Å². The third kappa shape index (κ3) is 1.15. The van der Waals surface area contributed by atoms with Gasteiger partial charge in [0.2, 0.25) is 0 Å². The maximum absolute atomic E-state index is 11.2. The highest BCUT2D eigenvalue weighted by atomic mass is 79.9. The average molecular weight is 238 g/mol. The van der Waals surface area contributed by atoms with Crippen molar-refractivity contribution in [3.63, 3.8) is 0 Å². The zero-order chi connectivity index (χ0) is 9.42. The summed E-state index contributed by atoms with van der Waals surface area (Å²) >= 11 is 3.27. The fraction of sp³-hybridized carbons (Fsp3) is 0. The van der Waals surface area contributed by atoms with Gasteiger partial charge < -0.3 is 5.21 Å². The van der Waals surface area contributed by atoms with Gasteiger partial charge in [0.1, 0.15) is 6.07 Å². The third-order valence-electron chi connectivity index (χ3n) is 1.77. The number of hydrogen-bond acceptors (Lipinski definition) is 2. The summed E-state index contributed by atoms with van der Waals surface area (Å²) in [5.74, 6) is 0. The second-order valence-electron chi connectivity index (χ2n) is 2.55. The van der Waals surface area contributed by atoms with Gasteiger partial charge in [-0.05, 0) is 12.1 Å². The molecule has 1 aromatic heterocycles. The summed E-state index contributed by atoms with van der Waals surface area (Å²) in [4.78, 5) is 0.584. The van der Waals surface area contributed by atoms with Crippen molar-refractivity contribution in [3.8, 4) is 6.07 Å². The molecule has 5 heteroatoms. The number of benzene rings is 1. The molecule has 0 aliphatic heterocycles. The molecule has 2 aromatic rings. The van der Waals surface area contributed by atoms with E-state index in [1.807, 2.05) is 6.07 Å². The van der Waals surface area contributed by atoms with Crippen molar-refractivity contribution < 1.29 is 4.85 Å². The summed E-state index contributed by atoms with van der Waals surface area (Å²) in [5, 5.41) is 22.9. The van der Waals surface area contributed by atoms with Gasteiger partial charge in [-0.25, -0.2) is 0 Å². The van der Waals surface area contributed by atoms with Crippen LogP contribution in [-0.4, -0.2) is 5.10 Å². The Morgan fingerprint density at radius 1 is 1.54 bits per heavy atom. The minimum absolute atomic E-state index is 0.284. The zero-order valence-electron chi connectivity index (χ0n) is 6.41. The number of nitriles is 1. The molecular formula is C8H4BrN3O. The second kappa shape index (κ2) is 2.75. The van der Waals surface area contributed by atoms with Gasteiger partial charge in [0.05, 0.1) is 5.39 Å². The molecule has 1 heterocycles. The van der Waals surface area contributed by atoms with Crippen LogP contribution in [0.15, 0.2) is 22.7 Å². The Labute approximate surface area is 82.1 Å². The Morgan fingerprint density at radius 3 is 3.00 bits per heavy atom. The molecule has 0 unspecified atom stereocenters. The van der Waals surface area contributed by atoms with Gasteiger partial charge >= 0.3 is 0 Å². The van der Waals surface area contributed by atoms with Crippen molar-refractivity contribution in [2.75, 3.05) is 0 Å². The van der Waals surface area contributed by atoms with E-state index in [2.05, 4.69) is 21.0 Å². The number of rotatable bonds is 0. The number of hydrogen-bond donors (Lipinski definition) is 1. The lowest BCUT2D eigenvalue weighted by Crippen LogP contribution is -2.27. The van der Waals surface area contributed by atoms with Crippen LogP contribution in [0, 0.1) is 16.5 Å². The molecule has 0 saturated heterocycles. The number of halogens is 1. The molecule has 2 rings (SSSR count). The predicted octanol–water partition coefficient (Wildman–Crippen LogP) is 1.44. The minimum Gasteiger partial charge on any atom is -0.596 e. The molecule has 4 nitrogen and oxygen atoms in total. The standard InChI is InChI=1S/C8H4BrN3O/c9-5-1-2-8-6(3-5)7(4-10)11-12(8)13/h1-3,11H. The van der Waals surface area contributed by atoms with Crippen LogP contribution in [0.3, 0.4) is 0 Å². The van der Waals surface area contributed by atoms with Gasteiger partial charge in [-0.3, -0.25) is 0 Å². The molecule has 0 fully saturated rings. The smallest absolute Gasteiger partial charge is 0.252 e. The monoisotopic (exact) mass is 237 g/mol. The normalized spacial score (nSPS) is 10.2. The van der Waals surface area contributed by atoms with Crippen molar-refractivity contribution in [2.24, 2.45) is 0 Å². The van der Waals surface area contributed by atoms with Gasteiger partial charge in [0.15, 0.2) is 5.69 Å². The molecule has 0 spiro atoms. The van der Waals surface area contributed by atoms with Gasteiger partial charge in [0.25, 0.3) is 5.52 Å². The summed E-state index contributed by atoms with van der Waals surface area (Å²) < 4.78 is 0.844. The van der Waals surface area contributed by atoms with Crippen LogP contribution >= 0.6 is 15.9 Å². The summed E-state index contributed by atoms with van der Waals surface area (Å²) in [6, 6.07) is 7.07. The number of nitrogens with zero attached hydrogens (tertiary/aromatic N) is 2. The molecule has 0 amide bonds. The van der Waals surface area contributed by atoms with E-state index in [4.69, 9.17) is 5.26 Å². The summed E-state index contributed by atoms with van der Waals surface area (Å²) in [6.45, 7) is 0. The number of fused-ring (bicyclic) bond motifs is 1. The summed E-state index contributed by atoms with van der Waals surface area (Å²) in [6.07, 6.45) is 0. The van der Waals surface area contributed by atoms with Crippen LogP contribution in [-0.2, 0) is 0 Å². The lowest BCUT2D eigenvalue weighted by molar-refractivity contribution is -0.639. The average Bonchev–Trinajstić information content (AvgIpc) is 2.42. The largest absolute Gasteiger partial charge is 0.596 e. The third-order valence-corrected chi connectivity index (χ3v) is 2.27. The molecule has 64 valence electrons. The molecule has 0 saturated carbocycles. The Balaban J connectivity index is 2.91. The van der Waals surface area contributed by atoms with Crippen LogP contribution in [0.4, 0.5) is 0 Å². The molecule has 1 aromatic carbocycles. The highest BCUT2D eigenvalue weighted by molar-refractivity contribution is 9.10. The van der Waals surface area contributed by atoms with Gasteiger partial charge in [-0.1, -0.05) is 20.8 Å². The maximum Gasteiger partial charge on any atom is 0.252 e. The Bertz CT molecular complexity index is 512. The first-order chi connectivity index (χ1) is 6.22. The van der Waals surface area contributed by atoms with Gasteiger partial charge in [0, 0.05) is 10.5 Å². The number of aromatic amines is 1. The molecule has 0 aliphatic carbocycles. The van der Waals surface area contributed by atoms with E-state index in [0.717, 1.165) is 4.47 Å². The van der Waals surface area contributed by atoms with E-state index in [1.54, 1.807) is 18.2 Å². The van der Waals surface area contributed by atoms with E-state index in [0.29, 0.717) is 15.7 Å². The van der Waals surface area contributed by atoms with E-state index >= 15 is 0 Å². The van der Waals surface area contributed by atoms with Crippen molar-refractivity contribution in [1.29, 1.82) is 5.26 Å². The zero-order valence-corrected chi connectivity index (χ0v) is 8.00. The number of nitrogens with one attached hydrogen (secondary N) is 1. The van der Waals surface area contributed by atoms with E-state index < -0.39 is 0 Å². The van der Waals surface area contributed by atoms with Gasteiger partial charge in [-0.2, -0.15) is 5.26 Å². The lowest BCUT2D eigenvalue weighted by Gasteiger charge is -1.89. The molecule has 0 radical (unpaired) electrons. The molecule has 0 bridgehead atoms. The Morgan fingerprint density at radius 2 is 2.31 bits per heavy atom. The van der Waals surface area contributed by atoms with Crippen molar-refractivity contribution >= 4 is 26.8 Å². The number of H-pyrrole nitrogens is 1. The Kier molecular flexibility index (Phi) is 1.71.